The van der Waals surface area contributed by atoms with Crippen molar-refractivity contribution in [1.29, 1.82) is 5.41 Å². The lowest BCUT2D eigenvalue weighted by molar-refractivity contribution is -0.119. The van der Waals surface area contributed by atoms with Gasteiger partial charge in [0.05, 0.1) is 40.2 Å². The van der Waals surface area contributed by atoms with Crippen LogP contribution in [0.4, 0.5) is 5.69 Å². The van der Waals surface area contributed by atoms with Crippen molar-refractivity contribution in [2.45, 2.75) is 18.9 Å². The first kappa shape index (κ1) is 28.9. The van der Waals surface area contributed by atoms with E-state index in [2.05, 4.69) is 5.32 Å². The molecule has 0 spiro atoms. The van der Waals surface area contributed by atoms with Gasteiger partial charge in [-0.15, -0.1) is 0 Å². The number of carbonyl (C=O) groups is 1. The Bertz CT molecular complexity index is 987. The lowest BCUT2D eigenvalue weighted by Crippen LogP contribution is -2.37. The Balaban J connectivity index is 0.000000434. The fourth-order valence-corrected chi connectivity index (χ4v) is 2.93. The molecule has 0 bridgehead atoms. The number of anilines is 1. The van der Waals surface area contributed by atoms with Crippen LogP contribution in [0.5, 0.6) is 23.0 Å². The van der Waals surface area contributed by atoms with Gasteiger partial charge >= 0.3 is 0 Å². The molecule has 10 N–H and O–H groups in total. The largest absolute Gasteiger partial charge is 0.495 e. The third kappa shape index (κ3) is 9.72. The number of rotatable bonds is 11. The summed E-state index contributed by atoms with van der Waals surface area (Å²) in [5.41, 5.74) is 23.7. The summed E-state index contributed by atoms with van der Waals surface area (Å²) in [5.74, 6) is 1.87. The molecule has 0 unspecified atom stereocenters. The first-order valence-electron chi connectivity index (χ1n) is 10.7. The van der Waals surface area contributed by atoms with Gasteiger partial charge in [0.2, 0.25) is 11.7 Å². The molecule has 0 heterocycles. The number of nitrogen functional groups attached to an aromatic ring is 1. The number of ether oxygens (including phenoxy) is 4. The molecule has 11 heteroatoms. The van der Waals surface area contributed by atoms with E-state index in [1.807, 2.05) is 42.5 Å². The molecule has 2 rings (SSSR count). The van der Waals surface area contributed by atoms with E-state index in [-0.39, 0.29) is 5.96 Å². The van der Waals surface area contributed by atoms with Crippen molar-refractivity contribution in [1.82, 2.24) is 5.32 Å². The molecule has 192 valence electrons. The van der Waals surface area contributed by atoms with Crippen LogP contribution in [0.1, 0.15) is 24.0 Å². The number of nitrogens with two attached hydrogens (primary N) is 4. The quantitative estimate of drug-likeness (QED) is 0.0894. The zero-order valence-electron chi connectivity index (χ0n) is 20.6. The molecule has 0 aliphatic heterocycles. The van der Waals surface area contributed by atoms with Gasteiger partial charge in [0.25, 0.3) is 0 Å². The number of guanidine groups is 1. The minimum absolute atomic E-state index is 0.0809. The second-order valence-corrected chi connectivity index (χ2v) is 7.28. The SMILES string of the molecule is COc1ccc(/C=C\c2cc(OC)c(OC)c(OC)c2)cc1N.N=C(N)NCCC[C@H](N)C(N)=O. The molecule has 1 atom stereocenters. The summed E-state index contributed by atoms with van der Waals surface area (Å²) in [6.07, 6.45) is 5.08. The van der Waals surface area contributed by atoms with E-state index in [1.54, 1.807) is 28.4 Å². The van der Waals surface area contributed by atoms with Crippen LogP contribution < -0.4 is 47.2 Å². The summed E-state index contributed by atoms with van der Waals surface area (Å²) in [5, 5.41) is 9.40. The molecular weight excluding hydrogens is 452 g/mol. The molecule has 2 aromatic rings. The summed E-state index contributed by atoms with van der Waals surface area (Å²) in [6, 6.07) is 8.79. The highest BCUT2D eigenvalue weighted by Gasteiger charge is 2.12. The number of methoxy groups -OCH3 is 4. The number of primary amides is 1. The zero-order chi connectivity index (χ0) is 26.4. The van der Waals surface area contributed by atoms with E-state index in [4.69, 9.17) is 47.3 Å². The van der Waals surface area contributed by atoms with E-state index in [0.717, 1.165) is 11.1 Å². The third-order valence-electron chi connectivity index (χ3n) is 4.78. The minimum atomic E-state index is -0.598. The Kier molecular flexibility index (Phi) is 12.3. The lowest BCUT2D eigenvalue weighted by atomic mass is 10.1. The summed E-state index contributed by atoms with van der Waals surface area (Å²) in [4.78, 5) is 10.4. The highest BCUT2D eigenvalue weighted by atomic mass is 16.5. The van der Waals surface area contributed by atoms with Crippen molar-refractivity contribution < 1.29 is 23.7 Å². The van der Waals surface area contributed by atoms with Gasteiger partial charge in [-0.25, -0.2) is 0 Å². The molecule has 0 fully saturated rings. The Morgan fingerprint density at radius 1 is 0.943 bits per heavy atom. The maximum atomic E-state index is 10.4. The number of hydrogen-bond acceptors (Lipinski definition) is 8. The summed E-state index contributed by atoms with van der Waals surface area (Å²) in [7, 11) is 6.36. The van der Waals surface area contributed by atoms with Crippen molar-refractivity contribution in [2.24, 2.45) is 17.2 Å². The first-order valence-corrected chi connectivity index (χ1v) is 10.7. The smallest absolute Gasteiger partial charge is 0.234 e. The van der Waals surface area contributed by atoms with Crippen molar-refractivity contribution in [2.75, 3.05) is 40.7 Å². The van der Waals surface area contributed by atoms with Crippen molar-refractivity contribution in [3.05, 3.63) is 41.5 Å². The standard InChI is InChI=1S/C18H21NO4.C6H15N5O/c1-20-15-8-7-12(9-14(15)19)5-6-13-10-16(21-2)18(23-4)17(11-13)22-3;7-4(5(8)12)2-1-3-11-6(9)10/h5-11H,19H2,1-4H3;4H,1-3,7H2,(H2,8,12)(H4,9,10,11)/b6-5-;/t;4-/m.0/s1. The van der Waals surface area contributed by atoms with Crippen molar-refractivity contribution in [3.8, 4) is 23.0 Å². The van der Waals surface area contributed by atoms with Gasteiger partial charge in [-0.2, -0.15) is 0 Å². The third-order valence-corrected chi connectivity index (χ3v) is 4.78. The van der Waals surface area contributed by atoms with E-state index < -0.39 is 11.9 Å². The maximum absolute atomic E-state index is 10.4. The predicted octanol–water partition coefficient (Wildman–Crippen LogP) is 1.54. The van der Waals surface area contributed by atoms with Gasteiger partial charge in [-0.3, -0.25) is 10.2 Å². The molecule has 0 aliphatic carbocycles. The molecule has 2 aromatic carbocycles. The summed E-state index contributed by atoms with van der Waals surface area (Å²) in [6.45, 7) is 0.538. The maximum Gasteiger partial charge on any atom is 0.234 e. The van der Waals surface area contributed by atoms with Gasteiger partial charge in [0.1, 0.15) is 5.75 Å². The number of nitrogens with one attached hydrogen (secondary N) is 2. The normalized spacial score (nSPS) is 11.1. The van der Waals surface area contributed by atoms with Crippen molar-refractivity contribution in [3.63, 3.8) is 0 Å². The lowest BCUT2D eigenvalue weighted by Gasteiger charge is -2.12. The van der Waals surface area contributed by atoms with E-state index >= 15 is 0 Å². The summed E-state index contributed by atoms with van der Waals surface area (Å²) < 4.78 is 21.2. The molecule has 11 nitrogen and oxygen atoms in total. The topological polar surface area (TPSA) is 194 Å². The average Bonchev–Trinajstić information content (AvgIpc) is 2.84. The molecule has 0 saturated heterocycles. The molecular formula is C24H36N6O5. The van der Waals surface area contributed by atoms with Crippen molar-refractivity contribution >= 4 is 29.7 Å². The molecule has 0 aromatic heterocycles. The van der Waals surface area contributed by atoms with E-state index in [0.29, 0.717) is 48.1 Å². The molecule has 0 saturated carbocycles. The monoisotopic (exact) mass is 488 g/mol. The minimum Gasteiger partial charge on any atom is -0.495 e. The van der Waals surface area contributed by atoms with Gasteiger partial charge < -0.3 is 47.2 Å². The van der Waals surface area contributed by atoms with Gasteiger partial charge in [0, 0.05) is 6.54 Å². The zero-order valence-corrected chi connectivity index (χ0v) is 20.6. The molecule has 1 amide bonds. The Morgan fingerprint density at radius 3 is 1.97 bits per heavy atom. The molecule has 35 heavy (non-hydrogen) atoms. The van der Waals surface area contributed by atoms with E-state index in [1.165, 1.54) is 0 Å². The Morgan fingerprint density at radius 2 is 1.51 bits per heavy atom. The average molecular weight is 489 g/mol. The van der Waals surface area contributed by atoms with Gasteiger partial charge in [0.15, 0.2) is 17.5 Å². The molecule has 0 radical (unpaired) electrons. The number of amides is 1. The van der Waals surface area contributed by atoms with E-state index in [9.17, 15) is 4.79 Å². The van der Waals surface area contributed by atoms with Crippen LogP contribution in [0.2, 0.25) is 0 Å². The second-order valence-electron chi connectivity index (χ2n) is 7.28. The fourth-order valence-electron chi connectivity index (χ4n) is 2.93. The van der Waals surface area contributed by atoms with Crippen LogP contribution >= 0.6 is 0 Å². The van der Waals surface area contributed by atoms with Crippen LogP contribution in [0.25, 0.3) is 12.2 Å². The van der Waals surface area contributed by atoms with Gasteiger partial charge in [-0.05, 0) is 48.2 Å². The number of benzene rings is 2. The first-order chi connectivity index (χ1) is 16.7. The van der Waals surface area contributed by atoms with Crippen LogP contribution in [0.3, 0.4) is 0 Å². The number of hydrogen-bond donors (Lipinski definition) is 6. The van der Waals surface area contributed by atoms with Gasteiger partial charge in [-0.1, -0.05) is 18.2 Å². The predicted molar refractivity (Wildman–Crippen MR) is 139 cm³/mol. The van der Waals surface area contributed by atoms with Crippen LogP contribution in [-0.2, 0) is 4.79 Å². The number of carbonyl (C=O) groups excluding carboxylic acids is 1. The Hall–Kier alpha value is -4.12. The second kappa shape index (κ2) is 14.9. The highest BCUT2D eigenvalue weighted by molar-refractivity contribution is 5.79. The highest BCUT2D eigenvalue weighted by Crippen LogP contribution is 2.38. The van der Waals surface area contributed by atoms with Crippen LogP contribution in [0, 0.1) is 5.41 Å². The molecule has 0 aliphatic rings. The van der Waals surface area contributed by atoms with Crippen LogP contribution in [-0.4, -0.2) is 52.9 Å². The summed E-state index contributed by atoms with van der Waals surface area (Å²) >= 11 is 0. The Labute approximate surface area is 205 Å². The fraction of sp³-hybridized carbons (Fsp3) is 0.333. The van der Waals surface area contributed by atoms with Crippen LogP contribution in [0.15, 0.2) is 30.3 Å².